The predicted molar refractivity (Wildman–Crippen MR) is 131 cm³/mol. The van der Waals surface area contributed by atoms with Gasteiger partial charge in [-0.1, -0.05) is 0 Å². The second-order valence-corrected chi connectivity index (χ2v) is 16.0. The van der Waals surface area contributed by atoms with Crippen LogP contribution in [0.1, 0.15) is 81.1 Å². The molecule has 0 bridgehead atoms. The van der Waals surface area contributed by atoms with Gasteiger partial charge in [0.15, 0.2) is 0 Å². The summed E-state index contributed by atoms with van der Waals surface area (Å²) >= 11 is 2.97. The quantitative estimate of drug-likeness (QED) is 0.177. The summed E-state index contributed by atoms with van der Waals surface area (Å²) < 4.78 is 11.4. The Hall–Kier alpha value is 1.00. The number of hydrogen-bond acceptors (Lipinski definition) is 4. The Kier molecular flexibility index (Phi) is 13.8. The summed E-state index contributed by atoms with van der Waals surface area (Å²) in [7, 11) is 0. The van der Waals surface area contributed by atoms with Gasteiger partial charge in [0, 0.05) is 0 Å². The molecule has 6 heteroatoms. The van der Waals surface area contributed by atoms with Gasteiger partial charge in [-0.25, -0.2) is 0 Å². The Morgan fingerprint density at radius 1 is 0.500 bits per heavy atom. The molecule has 0 aliphatic carbocycles. The molecule has 160 valence electrons. The van der Waals surface area contributed by atoms with Gasteiger partial charge >= 0.3 is 179 Å². The minimum absolute atomic E-state index is 1.11. The van der Waals surface area contributed by atoms with Gasteiger partial charge in [0.25, 0.3) is 0 Å². The van der Waals surface area contributed by atoms with E-state index in [0.29, 0.717) is 0 Å². The van der Waals surface area contributed by atoms with Crippen LogP contribution < -0.4 is 0 Å². The second kappa shape index (κ2) is 13.3. The van der Waals surface area contributed by atoms with Crippen molar-refractivity contribution in [3.05, 3.63) is 0 Å². The SMILES string of the molecule is CCCCN(CCCC)P(I)(N(CC)CC)(N(CC)CC)N(CC)CC. The van der Waals surface area contributed by atoms with Crippen LogP contribution in [0.5, 0.6) is 0 Å². The summed E-state index contributed by atoms with van der Waals surface area (Å²) in [5.74, 6) is 0. The second-order valence-electron chi connectivity index (χ2n) is 6.92. The van der Waals surface area contributed by atoms with Crippen LogP contribution in [-0.2, 0) is 0 Å². The molecule has 0 radical (unpaired) electrons. The molecule has 0 saturated carbocycles. The summed E-state index contributed by atoms with van der Waals surface area (Å²) in [6.07, 6.45) is 5.10. The van der Waals surface area contributed by atoms with Crippen molar-refractivity contribution >= 4 is 26.9 Å². The number of halogens is 1. The van der Waals surface area contributed by atoms with Gasteiger partial charge in [0.05, 0.1) is 0 Å². The van der Waals surface area contributed by atoms with Gasteiger partial charge in [0.2, 0.25) is 0 Å². The van der Waals surface area contributed by atoms with Gasteiger partial charge in [-0.15, -0.1) is 0 Å². The van der Waals surface area contributed by atoms with E-state index >= 15 is 0 Å². The van der Waals surface area contributed by atoms with Crippen LogP contribution in [0.3, 0.4) is 0 Å². The average molecular weight is 503 g/mol. The topological polar surface area (TPSA) is 13.0 Å². The summed E-state index contributed by atoms with van der Waals surface area (Å²) in [5.41, 5.74) is 0. The van der Waals surface area contributed by atoms with Crippen molar-refractivity contribution in [3.8, 4) is 0 Å². The molecule has 0 rings (SSSR count). The van der Waals surface area contributed by atoms with Crippen molar-refractivity contribution in [3.63, 3.8) is 0 Å². The molecule has 0 heterocycles. The molecule has 0 spiro atoms. The first-order valence-corrected chi connectivity index (χ1v) is 16.0. The van der Waals surface area contributed by atoms with Crippen LogP contribution in [0.25, 0.3) is 0 Å². The van der Waals surface area contributed by atoms with E-state index in [1.165, 1.54) is 38.8 Å². The van der Waals surface area contributed by atoms with Crippen molar-refractivity contribution in [2.24, 2.45) is 0 Å². The summed E-state index contributed by atoms with van der Waals surface area (Å²) in [6.45, 7) is 27.9. The molecule has 4 nitrogen and oxygen atoms in total. The molecular formula is C20H48IN4P. The van der Waals surface area contributed by atoms with Gasteiger partial charge < -0.3 is 0 Å². The number of hydrogen-bond donors (Lipinski definition) is 0. The molecule has 0 N–H and O–H groups in total. The Bertz CT molecular complexity index is 316. The Labute approximate surface area is 178 Å². The van der Waals surface area contributed by atoms with Crippen molar-refractivity contribution in [1.29, 1.82) is 0 Å². The van der Waals surface area contributed by atoms with E-state index in [0.717, 1.165) is 39.3 Å². The first-order chi connectivity index (χ1) is 12.4. The van der Waals surface area contributed by atoms with Crippen LogP contribution in [0.4, 0.5) is 0 Å². The predicted octanol–water partition coefficient (Wildman–Crippen LogP) is 6.48. The van der Waals surface area contributed by atoms with E-state index in [1.54, 1.807) is 0 Å². The average Bonchev–Trinajstić information content (AvgIpc) is 2.64. The molecule has 0 amide bonds. The van der Waals surface area contributed by atoms with Gasteiger partial charge in [0.1, 0.15) is 0 Å². The first-order valence-electron chi connectivity index (χ1n) is 11.2. The van der Waals surface area contributed by atoms with Crippen molar-refractivity contribution in [2.75, 3.05) is 52.4 Å². The zero-order valence-electron chi connectivity index (χ0n) is 19.1. The normalized spacial score (nSPS) is 14.6. The van der Waals surface area contributed by atoms with E-state index in [2.05, 4.69) is 96.1 Å². The molecule has 0 saturated heterocycles. The zero-order valence-corrected chi connectivity index (χ0v) is 22.2. The van der Waals surface area contributed by atoms with Crippen LogP contribution >= 0.6 is 26.9 Å². The molecule has 0 aromatic carbocycles. The van der Waals surface area contributed by atoms with E-state index in [9.17, 15) is 0 Å². The maximum absolute atomic E-state index is 2.97. The summed E-state index contributed by atoms with van der Waals surface area (Å²) in [6, 6.07) is 0. The van der Waals surface area contributed by atoms with Crippen LogP contribution in [-0.4, -0.2) is 71.0 Å². The van der Waals surface area contributed by atoms with Crippen molar-refractivity contribution in [2.45, 2.75) is 81.1 Å². The number of unbranched alkanes of at least 4 members (excludes halogenated alkanes) is 2. The maximum atomic E-state index is 2.97. The summed E-state index contributed by atoms with van der Waals surface area (Å²) in [5, 5.41) is 0. The van der Waals surface area contributed by atoms with E-state index in [4.69, 9.17) is 0 Å². The minimum atomic E-state index is -2.60. The van der Waals surface area contributed by atoms with E-state index in [-0.39, 0.29) is 0 Å². The molecule has 26 heavy (non-hydrogen) atoms. The van der Waals surface area contributed by atoms with Crippen molar-refractivity contribution in [1.82, 2.24) is 18.7 Å². The van der Waals surface area contributed by atoms with Crippen LogP contribution in [0.15, 0.2) is 0 Å². The third-order valence-electron chi connectivity index (χ3n) is 5.68. The van der Waals surface area contributed by atoms with Crippen LogP contribution in [0, 0.1) is 0 Å². The molecule has 0 fully saturated rings. The Morgan fingerprint density at radius 3 is 0.962 bits per heavy atom. The van der Waals surface area contributed by atoms with E-state index in [1.807, 2.05) is 0 Å². The van der Waals surface area contributed by atoms with Gasteiger partial charge in [-0.2, -0.15) is 0 Å². The third-order valence-corrected chi connectivity index (χ3v) is 19.0. The Balaban J connectivity index is 6.69. The zero-order chi connectivity index (χ0) is 20.2. The Morgan fingerprint density at radius 2 is 0.769 bits per heavy atom. The fourth-order valence-corrected chi connectivity index (χ4v) is 17.2. The molecule has 0 aromatic heterocycles. The van der Waals surface area contributed by atoms with E-state index < -0.39 is 4.85 Å². The molecular weight excluding hydrogens is 454 g/mol. The third kappa shape index (κ3) is 5.13. The molecule has 0 aliphatic heterocycles. The first kappa shape index (κ1) is 27.0. The monoisotopic (exact) mass is 502 g/mol. The number of rotatable bonds is 16. The number of nitrogens with zero attached hydrogens (tertiary/aromatic N) is 4. The molecule has 0 atom stereocenters. The molecule has 0 unspecified atom stereocenters. The summed E-state index contributed by atoms with van der Waals surface area (Å²) in [4.78, 5) is -2.60. The van der Waals surface area contributed by atoms with Gasteiger partial charge in [-0.3, -0.25) is 0 Å². The fraction of sp³-hybridized carbons (Fsp3) is 1.00. The van der Waals surface area contributed by atoms with Crippen molar-refractivity contribution < 1.29 is 0 Å². The fourth-order valence-electron chi connectivity index (χ4n) is 4.34. The van der Waals surface area contributed by atoms with Crippen LogP contribution in [0.2, 0.25) is 0 Å². The molecule has 0 aromatic rings. The standard InChI is InChI=1S/C20H48IN4P/c1-9-17-19-25(20-18-10-2)26(21,22(11-3)12-4,23(13-5)14-6)24(15-7)16-8/h9-20H2,1-8H3. The molecule has 0 aliphatic rings. The van der Waals surface area contributed by atoms with Gasteiger partial charge in [-0.05, 0) is 0 Å².